The van der Waals surface area contributed by atoms with Crippen molar-refractivity contribution in [3.05, 3.63) is 54.1 Å². The first-order valence-corrected chi connectivity index (χ1v) is 9.16. The lowest BCUT2D eigenvalue weighted by Crippen LogP contribution is -2.49. The summed E-state index contributed by atoms with van der Waals surface area (Å²) in [5.41, 5.74) is 2.68. The zero-order valence-corrected chi connectivity index (χ0v) is 18.3. The number of aromatic nitrogens is 2. The highest BCUT2D eigenvalue weighted by Gasteiger charge is 2.28. The molecule has 1 aromatic carbocycles. The maximum absolute atomic E-state index is 4.51. The fourth-order valence-electron chi connectivity index (χ4n) is 3.61. The fourth-order valence-corrected chi connectivity index (χ4v) is 3.61. The molecule has 1 aliphatic rings. The van der Waals surface area contributed by atoms with Gasteiger partial charge in [-0.05, 0) is 31.2 Å². The van der Waals surface area contributed by atoms with Gasteiger partial charge >= 0.3 is 0 Å². The van der Waals surface area contributed by atoms with Crippen molar-refractivity contribution in [2.45, 2.75) is 32.7 Å². The summed E-state index contributed by atoms with van der Waals surface area (Å²) in [4.78, 5) is 11.1. The van der Waals surface area contributed by atoms with E-state index in [-0.39, 0.29) is 24.0 Å². The molecule has 0 aliphatic carbocycles. The average molecular weight is 467 g/mol. The number of hydrogen-bond donors (Lipinski definition) is 1. The summed E-state index contributed by atoms with van der Waals surface area (Å²) in [6.45, 7) is 7.40. The molecule has 1 saturated heterocycles. The molecule has 1 fully saturated rings. The van der Waals surface area contributed by atoms with Gasteiger partial charge in [-0.15, -0.1) is 24.0 Å². The molecule has 1 aliphatic heterocycles. The molecule has 1 aromatic heterocycles. The second kappa shape index (κ2) is 9.94. The van der Waals surface area contributed by atoms with Crippen molar-refractivity contribution >= 4 is 29.9 Å². The number of rotatable bonds is 4. The van der Waals surface area contributed by atoms with Crippen LogP contribution in [0.5, 0.6) is 0 Å². The number of hydrogen-bond acceptors (Lipinski definition) is 2. The molecule has 2 aromatic rings. The summed E-state index contributed by atoms with van der Waals surface area (Å²) >= 11 is 0. The molecule has 6 heteroatoms. The Kier molecular flexibility index (Phi) is 7.93. The van der Waals surface area contributed by atoms with E-state index in [0.717, 1.165) is 32.0 Å². The molecule has 3 rings (SSSR count). The number of imidazole rings is 1. The van der Waals surface area contributed by atoms with Gasteiger partial charge in [0.2, 0.25) is 0 Å². The Balaban J connectivity index is 0.00000243. The Morgan fingerprint density at radius 2 is 2.23 bits per heavy atom. The van der Waals surface area contributed by atoms with Crippen LogP contribution in [0.25, 0.3) is 0 Å². The van der Waals surface area contributed by atoms with Gasteiger partial charge in [-0.1, -0.05) is 36.8 Å². The third-order valence-corrected chi connectivity index (χ3v) is 5.12. The van der Waals surface area contributed by atoms with E-state index >= 15 is 0 Å². The predicted octanol–water partition coefficient (Wildman–Crippen LogP) is 3.51. The number of guanidine groups is 1. The van der Waals surface area contributed by atoms with Crippen LogP contribution >= 0.6 is 24.0 Å². The van der Waals surface area contributed by atoms with Crippen LogP contribution in [-0.4, -0.2) is 47.1 Å². The van der Waals surface area contributed by atoms with E-state index in [1.807, 2.05) is 19.6 Å². The number of aliphatic imine (C=N–C) groups is 1. The van der Waals surface area contributed by atoms with Gasteiger partial charge in [0.1, 0.15) is 0 Å². The minimum absolute atomic E-state index is 0. The molecule has 0 saturated carbocycles. The summed E-state index contributed by atoms with van der Waals surface area (Å²) in [6, 6.07) is 9.16. The van der Waals surface area contributed by atoms with Crippen molar-refractivity contribution in [1.82, 2.24) is 19.8 Å². The Hall–Kier alpha value is -1.57. The Labute approximate surface area is 173 Å². The lowest BCUT2D eigenvalue weighted by atomic mass is 9.93. The smallest absolute Gasteiger partial charge is 0.193 e. The van der Waals surface area contributed by atoms with Gasteiger partial charge in [-0.25, -0.2) is 4.98 Å². The van der Waals surface area contributed by atoms with Gasteiger partial charge in [-0.2, -0.15) is 0 Å². The summed E-state index contributed by atoms with van der Waals surface area (Å²) in [5.74, 6) is 1.65. The molecule has 26 heavy (non-hydrogen) atoms. The van der Waals surface area contributed by atoms with Crippen LogP contribution in [0.3, 0.4) is 0 Å². The number of halogens is 1. The summed E-state index contributed by atoms with van der Waals surface area (Å²) in [7, 11) is 1.87. The largest absolute Gasteiger partial charge is 0.356 e. The minimum Gasteiger partial charge on any atom is -0.356 e. The number of nitrogens with one attached hydrogen (secondary N) is 1. The number of likely N-dealkylation sites (tertiary alicyclic amines) is 1. The molecule has 0 spiro atoms. The molecule has 1 N–H and O–H groups in total. The molecule has 0 radical (unpaired) electrons. The van der Waals surface area contributed by atoms with Crippen molar-refractivity contribution in [2.75, 3.05) is 26.7 Å². The zero-order chi connectivity index (χ0) is 17.6. The maximum atomic E-state index is 4.51. The molecular weight excluding hydrogens is 437 g/mol. The van der Waals surface area contributed by atoms with Crippen molar-refractivity contribution < 1.29 is 0 Å². The Bertz CT molecular complexity index is 698. The van der Waals surface area contributed by atoms with Crippen LogP contribution in [0.1, 0.15) is 30.5 Å². The van der Waals surface area contributed by atoms with Crippen molar-refractivity contribution in [3.63, 3.8) is 0 Å². The first-order valence-electron chi connectivity index (χ1n) is 9.16. The highest BCUT2D eigenvalue weighted by atomic mass is 127. The molecule has 2 unspecified atom stereocenters. The van der Waals surface area contributed by atoms with Gasteiger partial charge in [0.25, 0.3) is 0 Å². The monoisotopic (exact) mass is 467 g/mol. The van der Waals surface area contributed by atoms with Gasteiger partial charge in [0.15, 0.2) is 5.96 Å². The number of aryl methyl sites for hydroxylation is 1. The zero-order valence-electron chi connectivity index (χ0n) is 15.9. The van der Waals surface area contributed by atoms with Crippen LogP contribution in [-0.2, 0) is 6.42 Å². The predicted molar refractivity (Wildman–Crippen MR) is 118 cm³/mol. The van der Waals surface area contributed by atoms with E-state index in [1.54, 1.807) is 0 Å². The van der Waals surface area contributed by atoms with E-state index in [0.29, 0.717) is 12.0 Å². The third kappa shape index (κ3) is 5.22. The van der Waals surface area contributed by atoms with Crippen molar-refractivity contribution in [3.8, 4) is 0 Å². The molecule has 2 heterocycles. The highest BCUT2D eigenvalue weighted by Crippen LogP contribution is 2.27. The summed E-state index contributed by atoms with van der Waals surface area (Å²) in [6.07, 6.45) is 8.04. The third-order valence-electron chi connectivity index (χ3n) is 5.12. The van der Waals surface area contributed by atoms with Crippen LogP contribution in [0.2, 0.25) is 0 Å². The van der Waals surface area contributed by atoms with Gasteiger partial charge in [0.05, 0.1) is 12.4 Å². The van der Waals surface area contributed by atoms with Crippen LogP contribution in [0.4, 0.5) is 0 Å². The second-order valence-corrected chi connectivity index (χ2v) is 7.00. The molecular formula is C20H30IN5. The second-order valence-electron chi connectivity index (χ2n) is 7.00. The molecule has 142 valence electrons. The van der Waals surface area contributed by atoms with Crippen LogP contribution in [0, 0.1) is 12.8 Å². The van der Waals surface area contributed by atoms with E-state index in [9.17, 15) is 0 Å². The Morgan fingerprint density at radius 1 is 1.38 bits per heavy atom. The SMILES string of the molecule is CN=C(NCCc1cccc(C)c1)N1CCC(C)C(n2ccnc2)C1.I. The molecule has 5 nitrogen and oxygen atoms in total. The number of piperidine rings is 1. The molecule has 0 amide bonds. The summed E-state index contributed by atoms with van der Waals surface area (Å²) in [5, 5.41) is 3.54. The molecule has 2 atom stereocenters. The average Bonchev–Trinajstić information content (AvgIpc) is 3.14. The maximum Gasteiger partial charge on any atom is 0.193 e. The van der Waals surface area contributed by atoms with E-state index in [1.165, 1.54) is 17.5 Å². The quantitative estimate of drug-likeness (QED) is 0.426. The summed E-state index contributed by atoms with van der Waals surface area (Å²) < 4.78 is 2.23. The lowest BCUT2D eigenvalue weighted by molar-refractivity contribution is 0.189. The first-order chi connectivity index (χ1) is 12.2. The Morgan fingerprint density at radius 3 is 2.92 bits per heavy atom. The normalized spacial score (nSPS) is 20.6. The topological polar surface area (TPSA) is 45.5 Å². The number of benzene rings is 1. The standard InChI is InChI=1S/C20H29N5.HI/c1-16-5-4-6-18(13-16)7-9-23-20(21-3)24-11-8-17(2)19(14-24)25-12-10-22-15-25;/h4-6,10,12-13,15,17,19H,7-9,11,14H2,1-3H3,(H,21,23);1H. The molecule has 0 bridgehead atoms. The number of nitrogens with zero attached hydrogens (tertiary/aromatic N) is 4. The van der Waals surface area contributed by atoms with Crippen LogP contribution < -0.4 is 5.32 Å². The van der Waals surface area contributed by atoms with Crippen molar-refractivity contribution in [1.29, 1.82) is 0 Å². The van der Waals surface area contributed by atoms with Gasteiger partial charge in [0, 0.05) is 39.1 Å². The van der Waals surface area contributed by atoms with E-state index in [4.69, 9.17) is 0 Å². The van der Waals surface area contributed by atoms with Gasteiger partial charge in [-0.3, -0.25) is 4.99 Å². The van der Waals surface area contributed by atoms with E-state index in [2.05, 4.69) is 69.1 Å². The van der Waals surface area contributed by atoms with Gasteiger partial charge < -0.3 is 14.8 Å². The minimum atomic E-state index is 0. The first kappa shape index (κ1) is 20.7. The van der Waals surface area contributed by atoms with Crippen molar-refractivity contribution in [2.24, 2.45) is 10.9 Å². The fraction of sp³-hybridized carbons (Fsp3) is 0.500. The lowest BCUT2D eigenvalue weighted by Gasteiger charge is -2.39. The van der Waals surface area contributed by atoms with Crippen LogP contribution in [0.15, 0.2) is 48.0 Å². The highest BCUT2D eigenvalue weighted by molar-refractivity contribution is 14.0. The van der Waals surface area contributed by atoms with E-state index < -0.39 is 0 Å².